The number of rotatable bonds is 6. The number of nitrogens with two attached hydrogens (primary N) is 1. The van der Waals surface area contributed by atoms with Crippen molar-refractivity contribution in [2.75, 3.05) is 18.5 Å². The largest absolute Gasteiger partial charge is 0.386 e. The van der Waals surface area contributed by atoms with Crippen LogP contribution in [0.3, 0.4) is 0 Å². The maximum absolute atomic E-state index is 10.8. The van der Waals surface area contributed by atoms with Crippen LogP contribution in [-0.4, -0.2) is 35.2 Å². The molecular formula is C13H20N4O3. The number of nitrogens with zero attached hydrogens (tertiary/aromatic N) is 2. The van der Waals surface area contributed by atoms with Gasteiger partial charge < -0.3 is 25.9 Å². The number of nitro groups is 1. The van der Waals surface area contributed by atoms with E-state index in [1.54, 1.807) is 12.1 Å². The Labute approximate surface area is 117 Å². The molecule has 0 bridgehead atoms. The molecule has 1 aromatic heterocycles. The van der Waals surface area contributed by atoms with Crippen molar-refractivity contribution in [3.8, 4) is 0 Å². The van der Waals surface area contributed by atoms with Gasteiger partial charge in [0.25, 0.3) is 0 Å². The van der Waals surface area contributed by atoms with E-state index >= 15 is 0 Å². The van der Waals surface area contributed by atoms with Gasteiger partial charge in [-0.25, -0.2) is 0 Å². The second-order valence-corrected chi connectivity index (χ2v) is 4.97. The third-order valence-corrected chi connectivity index (χ3v) is 3.45. The maximum Gasteiger partial charge on any atom is 0.386 e. The first kappa shape index (κ1) is 14.7. The number of hydrogen-bond acceptors (Lipinski definition) is 6. The number of hydrogen-bond donors (Lipinski definition) is 2. The Morgan fingerprint density at radius 3 is 2.90 bits per heavy atom. The molecule has 0 amide bonds. The topological polar surface area (TPSA) is 103 Å². The number of ether oxygens (including phenoxy) is 1. The van der Waals surface area contributed by atoms with Crippen molar-refractivity contribution in [2.45, 2.75) is 37.8 Å². The molecule has 1 saturated carbocycles. The van der Waals surface area contributed by atoms with Gasteiger partial charge in [-0.3, -0.25) is 0 Å². The summed E-state index contributed by atoms with van der Waals surface area (Å²) in [4.78, 5) is 14.0. The molecule has 1 aliphatic rings. The zero-order valence-electron chi connectivity index (χ0n) is 11.3. The Hall–Kier alpha value is -1.73. The quantitative estimate of drug-likeness (QED) is 0.467. The smallest absolute Gasteiger partial charge is 0.376 e. The molecule has 20 heavy (non-hydrogen) atoms. The van der Waals surface area contributed by atoms with Crippen LogP contribution in [0, 0.1) is 10.1 Å². The van der Waals surface area contributed by atoms with Gasteiger partial charge >= 0.3 is 5.82 Å². The minimum atomic E-state index is -0.494. The molecule has 110 valence electrons. The molecule has 0 aromatic carbocycles. The summed E-state index contributed by atoms with van der Waals surface area (Å²) in [6.07, 6.45) is 5.67. The summed E-state index contributed by atoms with van der Waals surface area (Å²) in [6.45, 7) is 1.04. The van der Waals surface area contributed by atoms with E-state index < -0.39 is 4.92 Å². The van der Waals surface area contributed by atoms with Crippen LogP contribution >= 0.6 is 0 Å². The lowest BCUT2D eigenvalue weighted by molar-refractivity contribution is -0.388. The van der Waals surface area contributed by atoms with Gasteiger partial charge in [0.05, 0.1) is 12.7 Å². The zero-order valence-corrected chi connectivity index (χ0v) is 11.3. The molecule has 0 unspecified atom stereocenters. The highest BCUT2D eigenvalue weighted by Crippen LogP contribution is 2.21. The number of aromatic nitrogens is 1. The highest BCUT2D eigenvalue weighted by molar-refractivity contribution is 5.56. The van der Waals surface area contributed by atoms with Gasteiger partial charge in [-0.15, -0.1) is 0 Å². The van der Waals surface area contributed by atoms with Crippen molar-refractivity contribution in [3.05, 3.63) is 28.4 Å². The molecule has 1 heterocycles. The van der Waals surface area contributed by atoms with Crippen molar-refractivity contribution >= 4 is 11.5 Å². The molecule has 0 saturated heterocycles. The molecule has 1 aromatic rings. The molecule has 2 rings (SSSR count). The molecule has 0 spiro atoms. The highest BCUT2D eigenvalue weighted by Gasteiger charge is 2.19. The molecule has 3 N–H and O–H groups in total. The van der Waals surface area contributed by atoms with Crippen LogP contribution in [0.2, 0.25) is 0 Å². The number of nitrogens with one attached hydrogen (secondary N) is 1. The van der Waals surface area contributed by atoms with Crippen molar-refractivity contribution in [2.24, 2.45) is 5.73 Å². The lowest BCUT2D eigenvalue weighted by atomic mass is 9.94. The standard InChI is InChI=1S/C13H20N4O3/c14-10-3-5-11(6-4-10)20-9-8-15-12-2-1-7-16-13(12)17(18)19/h1-2,7,10-11,15H,3-6,8-9,14H2. The summed E-state index contributed by atoms with van der Waals surface area (Å²) >= 11 is 0. The number of anilines is 1. The van der Waals surface area contributed by atoms with Crippen LogP contribution in [0.25, 0.3) is 0 Å². The van der Waals surface area contributed by atoms with E-state index in [1.807, 2.05) is 0 Å². The normalized spacial score (nSPS) is 22.4. The Morgan fingerprint density at radius 1 is 1.45 bits per heavy atom. The van der Waals surface area contributed by atoms with Crippen molar-refractivity contribution in [1.82, 2.24) is 4.98 Å². The van der Waals surface area contributed by atoms with Crippen LogP contribution in [-0.2, 0) is 4.74 Å². The Morgan fingerprint density at radius 2 is 2.20 bits per heavy atom. The SMILES string of the molecule is NC1CCC(OCCNc2cccnc2[N+](=O)[O-])CC1. The van der Waals surface area contributed by atoms with Crippen molar-refractivity contribution in [3.63, 3.8) is 0 Å². The lowest BCUT2D eigenvalue weighted by Gasteiger charge is -2.26. The fraction of sp³-hybridized carbons (Fsp3) is 0.615. The molecule has 1 fully saturated rings. The first-order chi connectivity index (χ1) is 9.66. The Kier molecular flexibility index (Phi) is 5.25. The predicted molar refractivity (Wildman–Crippen MR) is 75.6 cm³/mol. The van der Waals surface area contributed by atoms with E-state index in [2.05, 4.69) is 10.3 Å². The molecular weight excluding hydrogens is 260 g/mol. The summed E-state index contributed by atoms with van der Waals surface area (Å²) in [5, 5.41) is 13.8. The summed E-state index contributed by atoms with van der Waals surface area (Å²) < 4.78 is 5.75. The first-order valence-electron chi connectivity index (χ1n) is 6.87. The fourth-order valence-corrected chi connectivity index (χ4v) is 2.35. The molecule has 7 nitrogen and oxygen atoms in total. The fourth-order valence-electron chi connectivity index (χ4n) is 2.35. The maximum atomic E-state index is 10.8. The first-order valence-corrected chi connectivity index (χ1v) is 6.87. The van der Waals surface area contributed by atoms with Gasteiger partial charge in [0.15, 0.2) is 0 Å². The third kappa shape index (κ3) is 4.14. The third-order valence-electron chi connectivity index (χ3n) is 3.45. The zero-order chi connectivity index (χ0) is 14.4. The second kappa shape index (κ2) is 7.16. The van der Waals surface area contributed by atoms with Gasteiger partial charge in [0.2, 0.25) is 0 Å². The van der Waals surface area contributed by atoms with Gasteiger partial charge in [-0.05, 0) is 47.7 Å². The Balaban J connectivity index is 1.72. The summed E-state index contributed by atoms with van der Waals surface area (Å²) in [7, 11) is 0. The van der Waals surface area contributed by atoms with E-state index in [0.717, 1.165) is 25.7 Å². The molecule has 7 heteroatoms. The van der Waals surface area contributed by atoms with Crippen LogP contribution in [0.4, 0.5) is 11.5 Å². The van der Waals surface area contributed by atoms with Gasteiger partial charge in [0, 0.05) is 12.6 Å². The molecule has 0 atom stereocenters. The van der Waals surface area contributed by atoms with Gasteiger partial charge in [-0.2, -0.15) is 0 Å². The van der Waals surface area contributed by atoms with E-state index in [4.69, 9.17) is 10.5 Å². The lowest BCUT2D eigenvalue weighted by Crippen LogP contribution is -2.31. The minimum absolute atomic E-state index is 0.156. The predicted octanol–water partition coefficient (Wildman–Crippen LogP) is 1.69. The van der Waals surface area contributed by atoms with Crippen molar-refractivity contribution < 1.29 is 9.66 Å². The average Bonchev–Trinajstić information content (AvgIpc) is 2.46. The van der Waals surface area contributed by atoms with Crippen molar-refractivity contribution in [1.29, 1.82) is 0 Å². The summed E-state index contributed by atoms with van der Waals surface area (Å²) in [6, 6.07) is 3.62. The molecule has 1 aliphatic carbocycles. The highest BCUT2D eigenvalue weighted by atomic mass is 16.6. The van der Waals surface area contributed by atoms with Gasteiger partial charge in [-0.1, -0.05) is 0 Å². The molecule has 0 aliphatic heterocycles. The second-order valence-electron chi connectivity index (χ2n) is 4.97. The number of pyridine rings is 1. The monoisotopic (exact) mass is 280 g/mol. The van der Waals surface area contributed by atoms with Crippen LogP contribution in [0.5, 0.6) is 0 Å². The summed E-state index contributed by atoms with van der Waals surface area (Å²) in [5.74, 6) is -0.156. The summed E-state index contributed by atoms with van der Waals surface area (Å²) in [5.41, 5.74) is 6.26. The average molecular weight is 280 g/mol. The van der Waals surface area contributed by atoms with Crippen LogP contribution in [0.1, 0.15) is 25.7 Å². The van der Waals surface area contributed by atoms with E-state index in [0.29, 0.717) is 24.9 Å². The van der Waals surface area contributed by atoms with E-state index in [1.165, 1.54) is 6.20 Å². The van der Waals surface area contributed by atoms with E-state index in [-0.39, 0.29) is 11.9 Å². The minimum Gasteiger partial charge on any atom is -0.376 e. The molecule has 0 radical (unpaired) electrons. The van der Waals surface area contributed by atoms with E-state index in [9.17, 15) is 10.1 Å². The van der Waals surface area contributed by atoms with Gasteiger partial charge in [0.1, 0.15) is 11.9 Å². The Bertz CT molecular complexity index is 447. The van der Waals surface area contributed by atoms with Crippen LogP contribution < -0.4 is 11.1 Å². The van der Waals surface area contributed by atoms with Crippen LogP contribution in [0.15, 0.2) is 18.3 Å².